The van der Waals surface area contributed by atoms with Crippen LogP contribution in [0.4, 0.5) is 28.0 Å². The molecule has 4 rings (SSSR count). The highest BCUT2D eigenvalue weighted by atomic mass is 35.5. The first-order valence-electron chi connectivity index (χ1n) is 9.70. The molecule has 0 unspecified atom stereocenters. The minimum Gasteiger partial charge on any atom is -0.325 e. The Bertz CT molecular complexity index is 1140. The molecule has 1 fully saturated rings. The maximum Gasteiger partial charge on any atom is 0.417 e. The van der Waals surface area contributed by atoms with Crippen LogP contribution >= 0.6 is 11.6 Å². The number of benzene rings is 2. The highest BCUT2D eigenvalue weighted by Gasteiger charge is 2.34. The number of urea groups is 1. The number of halogens is 5. The highest BCUT2D eigenvalue weighted by molar-refractivity contribution is 6.31. The third-order valence-electron chi connectivity index (χ3n) is 5.47. The lowest BCUT2D eigenvalue weighted by atomic mass is 10.0. The van der Waals surface area contributed by atoms with Crippen molar-refractivity contribution in [2.75, 3.05) is 18.4 Å². The van der Waals surface area contributed by atoms with Gasteiger partial charge in [0.2, 0.25) is 0 Å². The molecule has 1 aliphatic heterocycles. The minimum atomic E-state index is -4.61. The van der Waals surface area contributed by atoms with Crippen LogP contribution in [0.15, 0.2) is 36.4 Å². The lowest BCUT2D eigenvalue weighted by Crippen LogP contribution is -2.41. The topological polar surface area (TPSA) is 50.2 Å². The van der Waals surface area contributed by atoms with E-state index in [1.165, 1.54) is 18.2 Å². The van der Waals surface area contributed by atoms with Gasteiger partial charge >= 0.3 is 12.2 Å². The molecule has 1 aromatic heterocycles. The van der Waals surface area contributed by atoms with Gasteiger partial charge < -0.3 is 14.8 Å². The van der Waals surface area contributed by atoms with Crippen LogP contribution in [0.5, 0.6) is 0 Å². The van der Waals surface area contributed by atoms with Crippen molar-refractivity contribution in [3.8, 4) is 0 Å². The number of anilines is 1. The second kappa shape index (κ2) is 8.03. The fraction of sp³-hybridized carbons (Fsp3) is 0.333. The van der Waals surface area contributed by atoms with Crippen molar-refractivity contribution in [2.45, 2.75) is 32.0 Å². The molecule has 5 nitrogen and oxygen atoms in total. The first-order chi connectivity index (χ1) is 14.6. The van der Waals surface area contributed by atoms with Crippen LogP contribution < -0.4 is 5.32 Å². The molecule has 2 heterocycles. The number of hydrogen-bond donors (Lipinski definition) is 1. The molecule has 1 saturated heterocycles. The smallest absolute Gasteiger partial charge is 0.325 e. The molecule has 0 radical (unpaired) electrons. The van der Waals surface area contributed by atoms with E-state index in [0.717, 1.165) is 23.5 Å². The number of amides is 2. The summed E-state index contributed by atoms with van der Waals surface area (Å²) in [6.45, 7) is 2.71. The van der Waals surface area contributed by atoms with E-state index in [-0.39, 0.29) is 17.5 Å². The number of aryl methyl sites for hydroxylation is 1. The van der Waals surface area contributed by atoms with E-state index in [9.17, 15) is 22.4 Å². The minimum absolute atomic E-state index is 0.0299. The SMILES string of the molecule is Cc1nc2cc(F)ccc2n1C1CCN(C(=O)Nc2ccc(Cl)c(C(F)(F)F)c2)CC1. The second-order valence-corrected chi connectivity index (χ2v) is 7.91. The van der Waals surface area contributed by atoms with E-state index in [1.807, 2.05) is 6.92 Å². The lowest BCUT2D eigenvalue weighted by molar-refractivity contribution is -0.137. The molecule has 2 amide bonds. The summed E-state index contributed by atoms with van der Waals surface area (Å²) in [6, 6.07) is 7.38. The van der Waals surface area contributed by atoms with Gasteiger partial charge in [0.25, 0.3) is 0 Å². The van der Waals surface area contributed by atoms with E-state index in [1.54, 1.807) is 11.0 Å². The Morgan fingerprint density at radius 2 is 1.87 bits per heavy atom. The molecule has 31 heavy (non-hydrogen) atoms. The summed E-state index contributed by atoms with van der Waals surface area (Å²) in [4.78, 5) is 18.5. The largest absolute Gasteiger partial charge is 0.417 e. The number of aromatic nitrogens is 2. The molecule has 0 aliphatic carbocycles. The number of carbonyl (C=O) groups excluding carboxylic acids is 1. The van der Waals surface area contributed by atoms with Crippen LogP contribution in [-0.2, 0) is 6.18 Å². The van der Waals surface area contributed by atoms with Gasteiger partial charge in [0.1, 0.15) is 11.6 Å². The van der Waals surface area contributed by atoms with Gasteiger partial charge in [-0.1, -0.05) is 11.6 Å². The van der Waals surface area contributed by atoms with Crippen LogP contribution in [0, 0.1) is 12.7 Å². The van der Waals surface area contributed by atoms with E-state index in [0.29, 0.717) is 31.4 Å². The first-order valence-corrected chi connectivity index (χ1v) is 10.1. The van der Waals surface area contributed by atoms with Gasteiger partial charge in [0.15, 0.2) is 0 Å². The number of likely N-dealkylation sites (tertiary alicyclic amines) is 1. The van der Waals surface area contributed by atoms with Crippen LogP contribution in [0.25, 0.3) is 11.0 Å². The summed E-state index contributed by atoms with van der Waals surface area (Å²) in [5, 5.41) is 2.09. The van der Waals surface area contributed by atoms with Crippen molar-refractivity contribution in [1.29, 1.82) is 0 Å². The van der Waals surface area contributed by atoms with E-state index < -0.39 is 22.8 Å². The van der Waals surface area contributed by atoms with Gasteiger partial charge in [-0.15, -0.1) is 0 Å². The van der Waals surface area contributed by atoms with E-state index in [4.69, 9.17) is 11.6 Å². The number of fused-ring (bicyclic) bond motifs is 1. The molecule has 2 aromatic carbocycles. The number of nitrogens with zero attached hydrogens (tertiary/aromatic N) is 3. The molecular formula is C21H19ClF4N4O. The quantitative estimate of drug-likeness (QED) is 0.481. The number of carbonyl (C=O) groups is 1. The Labute approximate surface area is 180 Å². The Kier molecular flexibility index (Phi) is 5.55. The van der Waals surface area contributed by atoms with Crippen molar-refractivity contribution in [1.82, 2.24) is 14.5 Å². The summed E-state index contributed by atoms with van der Waals surface area (Å²) >= 11 is 5.62. The van der Waals surface area contributed by atoms with Crippen LogP contribution in [-0.4, -0.2) is 33.6 Å². The first kappa shape index (κ1) is 21.4. The maximum absolute atomic E-state index is 13.5. The monoisotopic (exact) mass is 454 g/mol. The summed E-state index contributed by atoms with van der Waals surface area (Å²) in [5.74, 6) is 0.420. The zero-order valence-corrected chi connectivity index (χ0v) is 17.3. The highest BCUT2D eigenvalue weighted by Crippen LogP contribution is 2.36. The fourth-order valence-electron chi connectivity index (χ4n) is 4.00. The summed E-state index contributed by atoms with van der Waals surface area (Å²) in [6.07, 6.45) is -3.32. The van der Waals surface area contributed by atoms with Crippen LogP contribution in [0.2, 0.25) is 5.02 Å². The number of piperidine rings is 1. The average Bonchev–Trinajstić information content (AvgIpc) is 3.03. The predicted octanol–water partition coefficient (Wildman–Crippen LogP) is 6.03. The molecule has 1 aliphatic rings. The molecule has 3 aromatic rings. The lowest BCUT2D eigenvalue weighted by Gasteiger charge is -2.33. The average molecular weight is 455 g/mol. The second-order valence-electron chi connectivity index (χ2n) is 7.50. The van der Waals surface area contributed by atoms with Gasteiger partial charge in [-0.25, -0.2) is 14.2 Å². The standard InChI is InChI=1S/C21H19ClF4N4O/c1-12-27-18-10-13(23)2-5-19(18)30(12)15-6-8-29(9-7-15)20(31)28-14-3-4-17(22)16(11-14)21(24,25)26/h2-5,10-11,15H,6-9H2,1H3,(H,28,31). The van der Waals surface area contributed by atoms with Crippen molar-refractivity contribution >= 4 is 34.4 Å². The molecule has 1 N–H and O–H groups in total. The molecule has 0 saturated carbocycles. The molecule has 10 heteroatoms. The zero-order chi connectivity index (χ0) is 22.3. The zero-order valence-electron chi connectivity index (χ0n) is 16.5. The molecule has 164 valence electrons. The number of alkyl halides is 3. The Morgan fingerprint density at radius 1 is 1.16 bits per heavy atom. The van der Waals surface area contributed by atoms with Crippen molar-refractivity contribution in [3.63, 3.8) is 0 Å². The van der Waals surface area contributed by atoms with Gasteiger partial charge in [-0.3, -0.25) is 0 Å². The summed E-state index contributed by atoms with van der Waals surface area (Å²) in [5.41, 5.74) is 0.454. The molecule has 0 bridgehead atoms. The number of imidazole rings is 1. The van der Waals surface area contributed by atoms with Gasteiger partial charge in [0, 0.05) is 30.9 Å². The molecule has 0 atom stereocenters. The van der Waals surface area contributed by atoms with Crippen molar-refractivity contribution in [3.05, 3.63) is 58.6 Å². The Morgan fingerprint density at radius 3 is 2.55 bits per heavy atom. The van der Waals surface area contributed by atoms with E-state index in [2.05, 4.69) is 14.9 Å². The number of hydrogen-bond acceptors (Lipinski definition) is 2. The Balaban J connectivity index is 1.44. The predicted molar refractivity (Wildman–Crippen MR) is 110 cm³/mol. The van der Waals surface area contributed by atoms with Crippen molar-refractivity contribution in [2.24, 2.45) is 0 Å². The molecule has 0 spiro atoms. The summed E-state index contributed by atoms with van der Waals surface area (Å²) in [7, 11) is 0. The number of nitrogens with one attached hydrogen (secondary N) is 1. The summed E-state index contributed by atoms with van der Waals surface area (Å²) < 4.78 is 54.6. The number of rotatable bonds is 2. The van der Waals surface area contributed by atoms with E-state index >= 15 is 0 Å². The molecular weight excluding hydrogens is 436 g/mol. The van der Waals surface area contributed by atoms with Gasteiger partial charge in [-0.2, -0.15) is 13.2 Å². The maximum atomic E-state index is 13.5. The third-order valence-corrected chi connectivity index (χ3v) is 5.80. The van der Waals surface area contributed by atoms with Crippen LogP contribution in [0.1, 0.15) is 30.3 Å². The normalized spacial score (nSPS) is 15.5. The Hall–Kier alpha value is -2.81. The van der Waals surface area contributed by atoms with Crippen molar-refractivity contribution < 1.29 is 22.4 Å². The van der Waals surface area contributed by atoms with Gasteiger partial charge in [-0.05, 0) is 50.1 Å². The van der Waals surface area contributed by atoms with Crippen LogP contribution in [0.3, 0.4) is 0 Å². The fourth-order valence-corrected chi connectivity index (χ4v) is 4.23. The van der Waals surface area contributed by atoms with Gasteiger partial charge in [0.05, 0.1) is 21.6 Å². The third kappa shape index (κ3) is 4.32.